The smallest absolute Gasteiger partial charge is 0.301 e. The molecular formula is C16H16F3N3O3S2. The molecule has 0 saturated heterocycles. The highest BCUT2D eigenvalue weighted by atomic mass is 32.2. The fourth-order valence-corrected chi connectivity index (χ4v) is 4.00. The summed E-state index contributed by atoms with van der Waals surface area (Å²) in [7, 11) is -4.31. The maximum atomic E-state index is 12.7. The Morgan fingerprint density at radius 3 is 2.33 bits per heavy atom. The second-order valence-corrected chi connectivity index (χ2v) is 9.52. The van der Waals surface area contributed by atoms with Gasteiger partial charge in [0.15, 0.2) is 15.0 Å². The van der Waals surface area contributed by atoms with Crippen LogP contribution in [0.1, 0.15) is 32.2 Å². The van der Waals surface area contributed by atoms with Gasteiger partial charge in [-0.25, -0.2) is 13.4 Å². The van der Waals surface area contributed by atoms with Gasteiger partial charge in [-0.05, 0) is 38.5 Å². The molecule has 11 heteroatoms. The van der Waals surface area contributed by atoms with E-state index in [1.807, 2.05) is 0 Å². The molecule has 1 N–H and O–H groups in total. The summed E-state index contributed by atoms with van der Waals surface area (Å²) in [6, 6.07) is 1.34. The number of hydrogen-bond acceptors (Lipinski definition) is 6. The van der Waals surface area contributed by atoms with Crippen LogP contribution in [0.25, 0.3) is 5.57 Å². The molecule has 0 unspecified atom stereocenters. The van der Waals surface area contributed by atoms with Gasteiger partial charge < -0.3 is 5.32 Å². The van der Waals surface area contributed by atoms with Gasteiger partial charge in [0.25, 0.3) is 0 Å². The summed E-state index contributed by atoms with van der Waals surface area (Å²) in [6.07, 6.45) is -4.10. The van der Waals surface area contributed by atoms with Gasteiger partial charge in [-0.2, -0.15) is 13.2 Å². The zero-order chi connectivity index (χ0) is 20.6. The summed E-state index contributed by atoms with van der Waals surface area (Å²) >= 11 is 1.10. The quantitative estimate of drug-likeness (QED) is 0.797. The van der Waals surface area contributed by atoms with Crippen LogP contribution in [0.3, 0.4) is 0 Å². The number of aromatic nitrogens is 2. The molecule has 146 valence electrons. The molecule has 0 radical (unpaired) electrons. The first-order valence-electron chi connectivity index (χ1n) is 7.47. The first-order chi connectivity index (χ1) is 12.3. The number of amides is 1. The van der Waals surface area contributed by atoms with Crippen molar-refractivity contribution in [2.24, 2.45) is 0 Å². The second kappa shape index (κ2) is 7.04. The van der Waals surface area contributed by atoms with Crippen LogP contribution in [-0.2, 0) is 20.8 Å². The lowest BCUT2D eigenvalue weighted by atomic mass is 10.2. The van der Waals surface area contributed by atoms with Gasteiger partial charge in [0.05, 0.1) is 10.6 Å². The van der Waals surface area contributed by atoms with E-state index in [0.717, 1.165) is 31.3 Å². The normalized spacial score (nSPS) is 12.7. The van der Waals surface area contributed by atoms with E-state index >= 15 is 0 Å². The van der Waals surface area contributed by atoms with Gasteiger partial charge in [0, 0.05) is 11.6 Å². The predicted molar refractivity (Wildman–Crippen MR) is 96.0 cm³/mol. The molecule has 6 nitrogen and oxygen atoms in total. The van der Waals surface area contributed by atoms with Crippen LogP contribution in [0.15, 0.2) is 35.2 Å². The van der Waals surface area contributed by atoms with Gasteiger partial charge in [0.2, 0.25) is 5.91 Å². The van der Waals surface area contributed by atoms with E-state index in [1.54, 1.807) is 12.3 Å². The minimum atomic E-state index is -4.69. The number of carbonyl (C=O) groups is 1. The zero-order valence-electron chi connectivity index (χ0n) is 14.6. The third-order valence-corrected chi connectivity index (χ3v) is 6.87. The van der Waals surface area contributed by atoms with Crippen LogP contribution in [0, 0.1) is 0 Å². The molecule has 2 heterocycles. The average molecular weight is 419 g/mol. The number of halogens is 3. The van der Waals surface area contributed by atoms with Crippen molar-refractivity contribution in [1.82, 2.24) is 9.97 Å². The lowest BCUT2D eigenvalue weighted by Crippen LogP contribution is -2.44. The molecule has 0 aliphatic heterocycles. The lowest BCUT2D eigenvalue weighted by molar-refractivity contribution is -0.141. The maximum Gasteiger partial charge on any atom is 0.433 e. The molecule has 0 aromatic carbocycles. The maximum absolute atomic E-state index is 12.7. The summed E-state index contributed by atoms with van der Waals surface area (Å²) in [5.41, 5.74) is 0.0104. The lowest BCUT2D eigenvalue weighted by Gasteiger charge is -2.23. The standard InChI is InChI=1S/C16H16F3N3O3S2/c1-9(2)11-8-26-14(21-11)22-13(23)15(3,4)27(24,25)10-5-6-12(20-7-10)16(17,18)19/h5-8H,1H2,2-4H3,(H,21,22,23). The fraction of sp³-hybridized carbons (Fsp3) is 0.312. The number of anilines is 1. The number of thiazole rings is 1. The van der Waals surface area contributed by atoms with Crippen molar-refractivity contribution in [1.29, 1.82) is 0 Å². The molecule has 0 fully saturated rings. The zero-order valence-corrected chi connectivity index (χ0v) is 16.2. The van der Waals surface area contributed by atoms with E-state index in [4.69, 9.17) is 0 Å². The van der Waals surface area contributed by atoms with Gasteiger partial charge in [-0.1, -0.05) is 6.58 Å². The van der Waals surface area contributed by atoms with Crippen molar-refractivity contribution in [2.75, 3.05) is 5.32 Å². The molecule has 2 aromatic heterocycles. The topological polar surface area (TPSA) is 89.0 Å². The number of pyridine rings is 1. The molecule has 0 saturated carbocycles. The number of alkyl halides is 3. The van der Waals surface area contributed by atoms with Crippen LogP contribution in [0.5, 0.6) is 0 Å². The SMILES string of the molecule is C=C(C)c1csc(NC(=O)C(C)(C)S(=O)(=O)c2ccc(C(F)(F)F)nc2)n1. The van der Waals surface area contributed by atoms with Crippen LogP contribution >= 0.6 is 11.3 Å². The number of rotatable bonds is 5. The molecule has 2 rings (SSSR count). The molecule has 27 heavy (non-hydrogen) atoms. The summed E-state index contributed by atoms with van der Waals surface area (Å²) < 4.78 is 61.3. The van der Waals surface area contributed by atoms with Crippen LogP contribution in [-0.4, -0.2) is 29.0 Å². The molecule has 0 aliphatic carbocycles. The number of carbonyl (C=O) groups excluding carboxylic acids is 1. The first kappa shape index (κ1) is 21.0. The van der Waals surface area contributed by atoms with E-state index in [9.17, 15) is 26.4 Å². The highest BCUT2D eigenvalue weighted by Crippen LogP contribution is 2.31. The number of sulfone groups is 1. The van der Waals surface area contributed by atoms with E-state index in [2.05, 4.69) is 21.9 Å². The van der Waals surface area contributed by atoms with Crippen LogP contribution in [0.2, 0.25) is 0 Å². The van der Waals surface area contributed by atoms with Crippen LogP contribution < -0.4 is 5.32 Å². The number of nitrogens with zero attached hydrogens (tertiary/aromatic N) is 2. The average Bonchev–Trinajstić information content (AvgIpc) is 3.02. The van der Waals surface area contributed by atoms with Gasteiger partial charge in [-0.15, -0.1) is 11.3 Å². The van der Waals surface area contributed by atoms with Crippen molar-refractivity contribution in [2.45, 2.75) is 36.6 Å². The Labute approximate surface area is 158 Å². The largest absolute Gasteiger partial charge is 0.433 e. The second-order valence-electron chi connectivity index (χ2n) is 6.16. The Kier molecular flexibility index (Phi) is 5.48. The highest BCUT2D eigenvalue weighted by Gasteiger charge is 2.44. The van der Waals surface area contributed by atoms with Crippen molar-refractivity contribution in [3.8, 4) is 0 Å². The Morgan fingerprint density at radius 2 is 1.89 bits per heavy atom. The molecule has 0 aliphatic rings. The highest BCUT2D eigenvalue weighted by molar-refractivity contribution is 7.93. The Morgan fingerprint density at radius 1 is 1.26 bits per heavy atom. The van der Waals surface area contributed by atoms with Crippen molar-refractivity contribution < 1.29 is 26.4 Å². The van der Waals surface area contributed by atoms with Crippen molar-refractivity contribution in [3.05, 3.63) is 41.7 Å². The first-order valence-corrected chi connectivity index (χ1v) is 9.84. The van der Waals surface area contributed by atoms with E-state index < -0.39 is 37.3 Å². The Hall–Kier alpha value is -2.27. The Bertz CT molecular complexity index is 978. The minimum absolute atomic E-state index is 0.187. The van der Waals surface area contributed by atoms with Gasteiger partial charge >= 0.3 is 6.18 Å². The number of hydrogen-bond donors (Lipinski definition) is 1. The van der Waals surface area contributed by atoms with E-state index in [0.29, 0.717) is 23.5 Å². The molecule has 1 amide bonds. The summed E-state index contributed by atoms with van der Waals surface area (Å²) in [5, 5.41) is 4.26. The van der Waals surface area contributed by atoms with Gasteiger partial charge in [0.1, 0.15) is 10.4 Å². The fourth-order valence-electron chi connectivity index (χ4n) is 1.90. The summed E-state index contributed by atoms with van der Waals surface area (Å²) in [6.45, 7) is 7.76. The van der Waals surface area contributed by atoms with Crippen LogP contribution in [0.4, 0.5) is 18.3 Å². The summed E-state index contributed by atoms with van der Waals surface area (Å²) in [5.74, 6) is -0.870. The van der Waals surface area contributed by atoms with E-state index in [1.165, 1.54) is 0 Å². The Balaban J connectivity index is 2.29. The molecule has 0 bridgehead atoms. The van der Waals surface area contributed by atoms with Gasteiger partial charge in [-0.3, -0.25) is 9.78 Å². The summed E-state index contributed by atoms with van der Waals surface area (Å²) in [4.78, 5) is 19.3. The van der Waals surface area contributed by atoms with E-state index in [-0.39, 0.29) is 5.13 Å². The number of nitrogens with one attached hydrogen (secondary N) is 1. The minimum Gasteiger partial charge on any atom is -0.301 e. The third kappa shape index (κ3) is 4.19. The molecule has 2 aromatic rings. The molecule has 0 spiro atoms. The molecule has 0 atom stereocenters. The third-order valence-electron chi connectivity index (χ3n) is 3.72. The predicted octanol–water partition coefficient (Wildman–Crippen LogP) is 3.78. The van der Waals surface area contributed by atoms with Crippen molar-refractivity contribution in [3.63, 3.8) is 0 Å². The number of allylic oxidation sites excluding steroid dienone is 1. The van der Waals surface area contributed by atoms with Crippen molar-refractivity contribution >= 4 is 37.8 Å². The molecular weight excluding hydrogens is 403 g/mol. The monoisotopic (exact) mass is 419 g/mol.